The Morgan fingerprint density at radius 1 is 1.12 bits per heavy atom. The molecule has 0 bridgehead atoms. The predicted molar refractivity (Wildman–Crippen MR) is 73.0 cm³/mol. The summed E-state index contributed by atoms with van der Waals surface area (Å²) in [4.78, 5) is 0. The van der Waals surface area contributed by atoms with Gasteiger partial charge in [0.1, 0.15) is 8.07 Å². The minimum Gasteiger partial charge on any atom is -0.473 e. The van der Waals surface area contributed by atoms with E-state index in [9.17, 15) is 5.11 Å². The molecule has 0 unspecified atom stereocenters. The molecule has 0 spiro atoms. The van der Waals surface area contributed by atoms with Crippen LogP contribution in [0.1, 0.15) is 5.56 Å². The van der Waals surface area contributed by atoms with Crippen molar-refractivity contribution < 1.29 is 9.52 Å². The zero-order valence-corrected chi connectivity index (χ0v) is 11.5. The van der Waals surface area contributed by atoms with Gasteiger partial charge in [0.2, 0.25) is 0 Å². The van der Waals surface area contributed by atoms with Crippen molar-refractivity contribution in [3.63, 3.8) is 0 Å². The van der Waals surface area contributed by atoms with E-state index in [1.807, 2.05) is 18.2 Å². The summed E-state index contributed by atoms with van der Waals surface area (Å²) in [6, 6.07) is 10.1. The summed E-state index contributed by atoms with van der Waals surface area (Å²) < 4.78 is 5.71. The molecule has 0 saturated heterocycles. The van der Waals surface area contributed by atoms with Gasteiger partial charge >= 0.3 is 0 Å². The molecule has 0 saturated carbocycles. The highest BCUT2D eigenvalue weighted by molar-refractivity contribution is 6.88. The number of benzene rings is 1. The van der Waals surface area contributed by atoms with Crippen molar-refractivity contribution in [3.8, 4) is 11.1 Å². The molecule has 2 rings (SSSR count). The Balaban J connectivity index is 2.62. The van der Waals surface area contributed by atoms with Gasteiger partial charge in [-0.2, -0.15) is 0 Å². The molecule has 17 heavy (non-hydrogen) atoms. The van der Waals surface area contributed by atoms with Gasteiger partial charge in [0.15, 0.2) is 0 Å². The number of hydrogen-bond donors (Lipinski definition) is 1. The van der Waals surface area contributed by atoms with E-state index in [4.69, 9.17) is 4.42 Å². The fourth-order valence-corrected chi connectivity index (χ4v) is 3.45. The van der Waals surface area contributed by atoms with Crippen LogP contribution in [0, 0.1) is 0 Å². The van der Waals surface area contributed by atoms with Crippen LogP contribution >= 0.6 is 0 Å². The lowest BCUT2D eigenvalue weighted by Gasteiger charge is -2.15. The summed E-state index contributed by atoms with van der Waals surface area (Å²) in [5.41, 5.74) is 3.10. The van der Waals surface area contributed by atoms with Gasteiger partial charge in [-0.15, -0.1) is 0 Å². The molecule has 1 aromatic heterocycles. The number of furan rings is 1. The highest BCUT2D eigenvalue weighted by Crippen LogP contribution is 2.25. The van der Waals surface area contributed by atoms with Gasteiger partial charge in [0.05, 0.1) is 18.3 Å². The first-order valence-corrected chi connectivity index (χ1v) is 9.31. The third-order valence-electron chi connectivity index (χ3n) is 2.78. The summed E-state index contributed by atoms with van der Waals surface area (Å²) >= 11 is 0. The van der Waals surface area contributed by atoms with E-state index in [0.717, 1.165) is 22.1 Å². The normalized spacial score (nSPS) is 11.8. The van der Waals surface area contributed by atoms with Gasteiger partial charge in [0, 0.05) is 11.1 Å². The van der Waals surface area contributed by atoms with E-state index >= 15 is 0 Å². The van der Waals surface area contributed by atoms with Gasteiger partial charge in [-0.25, -0.2) is 0 Å². The van der Waals surface area contributed by atoms with Crippen molar-refractivity contribution >= 4 is 13.5 Å². The minimum absolute atomic E-state index is 0.0260. The van der Waals surface area contributed by atoms with E-state index in [1.165, 1.54) is 0 Å². The van der Waals surface area contributed by atoms with Crippen LogP contribution in [0.25, 0.3) is 11.1 Å². The molecule has 0 aliphatic heterocycles. The molecule has 0 aliphatic rings. The number of hydrogen-bond acceptors (Lipinski definition) is 2. The Kier molecular flexibility index (Phi) is 3.22. The number of aliphatic hydroxyl groups excluding tert-OH is 1. The SMILES string of the molecule is C[Si](C)(C)c1occ(CO)c1-c1ccccc1. The Bertz CT molecular complexity index is 495. The molecule has 0 amide bonds. The smallest absolute Gasteiger partial charge is 0.124 e. The zero-order valence-electron chi connectivity index (χ0n) is 10.5. The maximum absolute atomic E-state index is 9.41. The molecule has 90 valence electrons. The minimum atomic E-state index is -1.53. The summed E-state index contributed by atoms with van der Waals surface area (Å²) in [6.45, 7) is 6.77. The topological polar surface area (TPSA) is 33.4 Å². The Morgan fingerprint density at radius 2 is 1.76 bits per heavy atom. The molecular formula is C14H18O2Si. The first-order valence-electron chi connectivity index (χ1n) is 5.81. The van der Waals surface area contributed by atoms with Gasteiger partial charge < -0.3 is 9.52 Å². The van der Waals surface area contributed by atoms with Crippen LogP contribution in [0.4, 0.5) is 0 Å². The molecule has 0 atom stereocenters. The predicted octanol–water partition coefficient (Wildman–Crippen LogP) is 2.98. The van der Waals surface area contributed by atoms with Crippen molar-refractivity contribution in [1.29, 1.82) is 0 Å². The second kappa shape index (κ2) is 4.51. The van der Waals surface area contributed by atoms with Crippen LogP contribution in [0.5, 0.6) is 0 Å². The van der Waals surface area contributed by atoms with Gasteiger partial charge in [-0.3, -0.25) is 0 Å². The lowest BCUT2D eigenvalue weighted by atomic mass is 10.1. The Morgan fingerprint density at radius 3 is 2.29 bits per heavy atom. The van der Waals surface area contributed by atoms with Crippen molar-refractivity contribution in [2.45, 2.75) is 26.2 Å². The van der Waals surface area contributed by atoms with E-state index in [0.29, 0.717) is 0 Å². The highest BCUT2D eigenvalue weighted by atomic mass is 28.3. The highest BCUT2D eigenvalue weighted by Gasteiger charge is 2.27. The average Bonchev–Trinajstić information content (AvgIpc) is 2.73. The molecule has 0 radical (unpaired) electrons. The zero-order chi connectivity index (χ0) is 12.5. The largest absolute Gasteiger partial charge is 0.473 e. The fraction of sp³-hybridized carbons (Fsp3) is 0.286. The second-order valence-electron chi connectivity index (χ2n) is 5.24. The van der Waals surface area contributed by atoms with E-state index in [-0.39, 0.29) is 6.61 Å². The number of aliphatic hydroxyl groups is 1. The van der Waals surface area contributed by atoms with E-state index in [2.05, 4.69) is 31.8 Å². The van der Waals surface area contributed by atoms with Gasteiger partial charge in [0.25, 0.3) is 0 Å². The van der Waals surface area contributed by atoms with Gasteiger partial charge in [-0.05, 0) is 5.56 Å². The maximum Gasteiger partial charge on any atom is 0.124 e. The standard InChI is InChI=1S/C14H18O2Si/c1-17(2,3)14-13(12(9-15)10-16-14)11-7-5-4-6-8-11/h4-8,10,15H,9H2,1-3H3. The molecule has 0 aliphatic carbocycles. The Hall–Kier alpha value is -1.32. The molecule has 2 nitrogen and oxygen atoms in total. The number of rotatable bonds is 3. The third kappa shape index (κ3) is 2.35. The van der Waals surface area contributed by atoms with Crippen LogP contribution in [0.15, 0.2) is 41.0 Å². The maximum atomic E-state index is 9.41. The van der Waals surface area contributed by atoms with Crippen molar-refractivity contribution in [3.05, 3.63) is 42.2 Å². The van der Waals surface area contributed by atoms with E-state index in [1.54, 1.807) is 6.26 Å². The molecule has 2 aromatic rings. The molecule has 3 heteroatoms. The first-order chi connectivity index (χ1) is 8.04. The van der Waals surface area contributed by atoms with Gasteiger partial charge in [-0.1, -0.05) is 50.0 Å². The van der Waals surface area contributed by atoms with Crippen LogP contribution in [-0.4, -0.2) is 13.2 Å². The molecule has 0 fully saturated rings. The van der Waals surface area contributed by atoms with Crippen LogP contribution in [0.3, 0.4) is 0 Å². The van der Waals surface area contributed by atoms with Crippen molar-refractivity contribution in [2.24, 2.45) is 0 Å². The monoisotopic (exact) mass is 246 g/mol. The molecule has 1 aromatic carbocycles. The lowest BCUT2D eigenvalue weighted by molar-refractivity contribution is 0.281. The Labute approximate surface area is 103 Å². The van der Waals surface area contributed by atoms with Crippen molar-refractivity contribution in [1.82, 2.24) is 0 Å². The van der Waals surface area contributed by atoms with Crippen LogP contribution in [-0.2, 0) is 6.61 Å². The second-order valence-corrected chi connectivity index (χ2v) is 10.2. The first kappa shape index (κ1) is 12.1. The summed E-state index contributed by atoms with van der Waals surface area (Å²) in [6.07, 6.45) is 1.69. The summed E-state index contributed by atoms with van der Waals surface area (Å²) in [5, 5.41) is 10.5. The van der Waals surface area contributed by atoms with Crippen LogP contribution < -0.4 is 5.38 Å². The summed E-state index contributed by atoms with van der Waals surface area (Å²) in [5.74, 6) is 0. The van der Waals surface area contributed by atoms with Crippen molar-refractivity contribution in [2.75, 3.05) is 0 Å². The molecular weight excluding hydrogens is 228 g/mol. The molecule has 1 N–H and O–H groups in total. The average molecular weight is 246 g/mol. The van der Waals surface area contributed by atoms with E-state index < -0.39 is 8.07 Å². The fourth-order valence-electron chi connectivity index (χ4n) is 1.98. The lowest BCUT2D eigenvalue weighted by Crippen LogP contribution is -2.37. The quantitative estimate of drug-likeness (QED) is 0.845. The third-order valence-corrected chi connectivity index (χ3v) is 4.51. The molecule has 1 heterocycles. The summed E-state index contributed by atoms with van der Waals surface area (Å²) in [7, 11) is -1.53. The van der Waals surface area contributed by atoms with Crippen LogP contribution in [0.2, 0.25) is 19.6 Å².